The van der Waals surface area contributed by atoms with Gasteiger partial charge in [-0.3, -0.25) is 4.79 Å². The highest BCUT2D eigenvalue weighted by atomic mass is 32.2. The molecule has 0 aromatic heterocycles. The molecule has 39 heavy (non-hydrogen) atoms. The number of ether oxygens (including phenoxy) is 2. The Labute approximate surface area is 227 Å². The minimum atomic E-state index is -4.11. The van der Waals surface area contributed by atoms with Crippen LogP contribution in [0.3, 0.4) is 0 Å². The largest absolute Gasteiger partial charge is 0.389 e. The van der Waals surface area contributed by atoms with Gasteiger partial charge in [-0.1, -0.05) is 48.5 Å². The van der Waals surface area contributed by atoms with Crippen LogP contribution < -0.4 is 5.32 Å². The van der Waals surface area contributed by atoms with Crippen molar-refractivity contribution in [3.8, 4) is 11.1 Å². The molecule has 2 aliphatic rings. The van der Waals surface area contributed by atoms with E-state index in [4.69, 9.17) is 9.47 Å². The molecule has 0 unspecified atom stereocenters. The summed E-state index contributed by atoms with van der Waals surface area (Å²) in [6.45, 7) is -0.199. The van der Waals surface area contributed by atoms with Crippen LogP contribution in [0.2, 0.25) is 0 Å². The predicted molar refractivity (Wildman–Crippen MR) is 144 cm³/mol. The van der Waals surface area contributed by atoms with Crippen molar-refractivity contribution in [2.24, 2.45) is 0 Å². The predicted octanol–water partition coefficient (Wildman–Crippen LogP) is 3.82. The number of aliphatic hydroxyl groups is 1. The van der Waals surface area contributed by atoms with Crippen LogP contribution in [0.25, 0.3) is 11.1 Å². The molecule has 2 N–H and O–H groups in total. The molecule has 2 heterocycles. The number of halogens is 1. The number of nitrogens with zero attached hydrogens (tertiary/aromatic N) is 1. The number of hydrogen-bond acceptors (Lipinski definition) is 6. The Bertz CT molecular complexity index is 1390. The van der Waals surface area contributed by atoms with Gasteiger partial charge in [0.1, 0.15) is 5.82 Å². The van der Waals surface area contributed by atoms with Crippen LogP contribution in [0.15, 0.2) is 83.8 Å². The van der Waals surface area contributed by atoms with Crippen LogP contribution in [-0.4, -0.2) is 67.8 Å². The van der Waals surface area contributed by atoms with E-state index in [1.54, 1.807) is 0 Å². The lowest BCUT2D eigenvalue weighted by molar-refractivity contribution is -0.144. The normalized spacial score (nSPS) is 24.3. The average Bonchev–Trinajstić information content (AvgIpc) is 2.92. The average molecular weight is 555 g/mol. The number of aliphatic hydroxyl groups excluding tert-OH is 1. The Balaban J connectivity index is 1.24. The second-order valence-corrected chi connectivity index (χ2v) is 11.8. The van der Waals surface area contributed by atoms with E-state index in [1.165, 1.54) is 22.5 Å². The minimum absolute atomic E-state index is 0.0636. The topological polar surface area (TPSA) is 105 Å². The lowest BCUT2D eigenvalue weighted by atomic mass is 9.96. The summed E-state index contributed by atoms with van der Waals surface area (Å²) in [4.78, 5) is 12.6. The van der Waals surface area contributed by atoms with E-state index < -0.39 is 40.2 Å². The summed E-state index contributed by atoms with van der Waals surface area (Å²) in [6.07, 6.45) is -1.17. The van der Waals surface area contributed by atoms with Gasteiger partial charge >= 0.3 is 0 Å². The van der Waals surface area contributed by atoms with Gasteiger partial charge in [0, 0.05) is 12.2 Å². The number of fused-ring (bicyclic) bond motifs is 1. The summed E-state index contributed by atoms with van der Waals surface area (Å²) < 4.78 is 53.7. The van der Waals surface area contributed by atoms with E-state index in [2.05, 4.69) is 5.32 Å². The molecule has 0 spiro atoms. The smallest absolute Gasteiger partial charge is 0.243 e. The Morgan fingerprint density at radius 1 is 0.974 bits per heavy atom. The standard InChI is InChI=1S/C29H31FN2O6S/c30-22-7-4-8-26(15-22)39(35,36)32-17-24(33)18-37-19-28-27(32)14-13-25(38-28)16-29(34)31-23-11-9-21(10-12-23)20-5-2-1-3-6-20/h1-12,15,24-25,27-28,33H,13-14,16-19H2,(H,31,34)/t24-,25-,27-,28+/m0/s1. The number of benzene rings is 3. The molecule has 4 atom stereocenters. The number of nitrogens with one attached hydrogen (secondary N) is 1. The van der Waals surface area contributed by atoms with Crippen molar-refractivity contribution in [2.45, 2.75) is 48.5 Å². The summed E-state index contributed by atoms with van der Waals surface area (Å²) in [5, 5.41) is 13.2. The number of carbonyl (C=O) groups is 1. The van der Waals surface area contributed by atoms with Gasteiger partial charge in [0.2, 0.25) is 15.9 Å². The van der Waals surface area contributed by atoms with Crippen LogP contribution in [0.5, 0.6) is 0 Å². The van der Waals surface area contributed by atoms with Crippen molar-refractivity contribution in [3.63, 3.8) is 0 Å². The van der Waals surface area contributed by atoms with Crippen molar-refractivity contribution in [1.29, 1.82) is 0 Å². The number of sulfonamides is 1. The van der Waals surface area contributed by atoms with Crippen molar-refractivity contribution in [1.82, 2.24) is 4.31 Å². The molecule has 2 saturated heterocycles. The van der Waals surface area contributed by atoms with E-state index in [0.717, 1.165) is 17.2 Å². The van der Waals surface area contributed by atoms with Gasteiger partial charge in [-0.15, -0.1) is 0 Å². The number of anilines is 1. The van der Waals surface area contributed by atoms with E-state index in [9.17, 15) is 22.7 Å². The summed E-state index contributed by atoms with van der Waals surface area (Å²) >= 11 is 0. The zero-order chi connectivity index (χ0) is 27.4. The van der Waals surface area contributed by atoms with Crippen LogP contribution in [0.1, 0.15) is 19.3 Å². The molecule has 3 aromatic rings. The third-order valence-electron chi connectivity index (χ3n) is 7.03. The summed E-state index contributed by atoms with van der Waals surface area (Å²) in [6, 6.07) is 21.7. The van der Waals surface area contributed by atoms with Crippen LogP contribution in [0.4, 0.5) is 10.1 Å². The van der Waals surface area contributed by atoms with Gasteiger partial charge in [0.05, 0.1) is 48.9 Å². The Morgan fingerprint density at radius 2 is 1.72 bits per heavy atom. The SMILES string of the molecule is O=C(C[C@@H]1CC[C@H]2[C@@H](COC[C@@H](O)CN2S(=O)(=O)c2cccc(F)c2)O1)Nc1ccc(-c2ccccc2)cc1. The van der Waals surface area contributed by atoms with Gasteiger partial charge in [-0.25, -0.2) is 12.8 Å². The molecule has 8 nitrogen and oxygen atoms in total. The van der Waals surface area contributed by atoms with Crippen LogP contribution in [-0.2, 0) is 24.3 Å². The van der Waals surface area contributed by atoms with Crippen LogP contribution >= 0.6 is 0 Å². The first-order valence-electron chi connectivity index (χ1n) is 12.9. The summed E-state index contributed by atoms with van der Waals surface area (Å²) in [7, 11) is -4.11. The first-order valence-corrected chi connectivity index (χ1v) is 14.4. The van der Waals surface area contributed by atoms with Gasteiger partial charge in [0.15, 0.2) is 0 Å². The molecule has 0 radical (unpaired) electrons. The Morgan fingerprint density at radius 3 is 2.46 bits per heavy atom. The summed E-state index contributed by atoms with van der Waals surface area (Å²) in [5.74, 6) is -0.874. The number of hydrogen-bond donors (Lipinski definition) is 2. The van der Waals surface area contributed by atoms with Crippen molar-refractivity contribution >= 4 is 21.6 Å². The lowest BCUT2D eigenvalue weighted by Gasteiger charge is -2.43. The molecule has 0 bridgehead atoms. The van der Waals surface area contributed by atoms with Crippen molar-refractivity contribution in [2.75, 3.05) is 25.1 Å². The summed E-state index contributed by atoms with van der Waals surface area (Å²) in [5.41, 5.74) is 2.80. The molecule has 0 aliphatic carbocycles. The van der Waals surface area contributed by atoms with Crippen molar-refractivity contribution in [3.05, 3.63) is 84.7 Å². The van der Waals surface area contributed by atoms with E-state index in [-0.39, 0.29) is 37.0 Å². The highest BCUT2D eigenvalue weighted by Gasteiger charge is 2.43. The maximum absolute atomic E-state index is 13.8. The van der Waals surface area contributed by atoms with Gasteiger partial charge in [0.25, 0.3) is 0 Å². The first kappa shape index (κ1) is 27.4. The Hall–Kier alpha value is -3.15. The molecule has 2 fully saturated rings. The molecular weight excluding hydrogens is 523 g/mol. The fourth-order valence-electron chi connectivity index (χ4n) is 5.13. The first-order chi connectivity index (χ1) is 18.8. The highest BCUT2D eigenvalue weighted by molar-refractivity contribution is 7.89. The molecule has 3 aromatic carbocycles. The monoisotopic (exact) mass is 554 g/mol. The molecule has 1 amide bonds. The lowest BCUT2D eigenvalue weighted by Crippen LogP contribution is -2.57. The third kappa shape index (κ3) is 6.54. The molecule has 0 saturated carbocycles. The molecule has 206 valence electrons. The second-order valence-electron chi connectivity index (χ2n) is 9.86. The number of rotatable bonds is 6. The number of β-amino-alcohol motifs (C(OH)–C–C–N with tert-alkyl or cyclic N) is 1. The third-order valence-corrected chi connectivity index (χ3v) is 8.91. The van der Waals surface area contributed by atoms with E-state index in [1.807, 2.05) is 54.6 Å². The Kier molecular flexibility index (Phi) is 8.39. The minimum Gasteiger partial charge on any atom is -0.389 e. The van der Waals surface area contributed by atoms with E-state index in [0.29, 0.717) is 18.5 Å². The number of carbonyl (C=O) groups excluding carboxylic acids is 1. The molecule has 2 aliphatic heterocycles. The zero-order valence-corrected chi connectivity index (χ0v) is 22.1. The quantitative estimate of drug-likeness (QED) is 0.480. The van der Waals surface area contributed by atoms with Gasteiger partial charge < -0.3 is 19.9 Å². The maximum Gasteiger partial charge on any atom is 0.243 e. The van der Waals surface area contributed by atoms with Gasteiger partial charge in [-0.05, 0) is 54.3 Å². The fourth-order valence-corrected chi connectivity index (χ4v) is 6.88. The second kappa shape index (κ2) is 11.9. The fraction of sp³-hybridized carbons (Fsp3) is 0.345. The van der Waals surface area contributed by atoms with E-state index >= 15 is 0 Å². The van der Waals surface area contributed by atoms with Gasteiger partial charge in [-0.2, -0.15) is 4.31 Å². The maximum atomic E-state index is 13.8. The highest BCUT2D eigenvalue weighted by Crippen LogP contribution is 2.32. The van der Waals surface area contributed by atoms with Crippen LogP contribution in [0, 0.1) is 5.82 Å². The molecule has 5 rings (SSSR count). The molecular formula is C29H31FN2O6S. The van der Waals surface area contributed by atoms with Crippen molar-refractivity contribution < 1.29 is 32.2 Å². The number of amides is 1. The molecule has 10 heteroatoms. The zero-order valence-electron chi connectivity index (χ0n) is 21.3.